The van der Waals surface area contributed by atoms with Gasteiger partial charge in [-0.3, -0.25) is 0 Å². The van der Waals surface area contributed by atoms with Gasteiger partial charge in [0.2, 0.25) is 0 Å². The Morgan fingerprint density at radius 2 is 1.00 bits per heavy atom. The molecule has 0 aromatic heterocycles. The van der Waals surface area contributed by atoms with Gasteiger partial charge in [-0.05, 0) is 105 Å². The second-order valence-electron chi connectivity index (χ2n) is 13.7. The molecule has 2 atom stereocenters. The van der Waals surface area contributed by atoms with Gasteiger partial charge in [0.25, 0.3) is 0 Å². The van der Waals surface area contributed by atoms with Crippen molar-refractivity contribution < 1.29 is 43.5 Å². The van der Waals surface area contributed by atoms with Crippen molar-refractivity contribution in [2.24, 2.45) is 0 Å². The van der Waals surface area contributed by atoms with Crippen molar-refractivity contribution in [1.82, 2.24) is 5.32 Å². The molecule has 12 nitrogen and oxygen atoms in total. The highest BCUT2D eigenvalue weighted by Crippen LogP contribution is 2.18. The minimum absolute atomic E-state index is 0. The Labute approximate surface area is 336 Å². The molecule has 2 amide bonds. The molecular weight excluding hydrogens is 738 g/mol. The van der Waals surface area contributed by atoms with Crippen molar-refractivity contribution in [3.05, 3.63) is 119 Å². The maximum atomic E-state index is 11.9. The lowest BCUT2D eigenvalue weighted by atomic mass is 10.1. The van der Waals surface area contributed by atoms with Gasteiger partial charge in [-0.15, -0.1) is 12.4 Å². The Balaban J connectivity index is 0.000000392. The number of nitrogen functional groups attached to an aromatic ring is 1. The minimum atomic E-state index is -0.960. The Kier molecular flexibility index (Phi) is 20.3. The zero-order valence-corrected chi connectivity index (χ0v) is 33.6. The summed E-state index contributed by atoms with van der Waals surface area (Å²) in [5, 5.41) is 23.9. The van der Waals surface area contributed by atoms with Crippen LogP contribution in [0, 0.1) is 0 Å². The number of aliphatic carboxylic acids is 2. The van der Waals surface area contributed by atoms with Crippen LogP contribution in [0.5, 0.6) is 11.5 Å². The predicted molar refractivity (Wildman–Crippen MR) is 221 cm³/mol. The first-order valence-corrected chi connectivity index (χ1v) is 18.4. The molecule has 304 valence electrons. The van der Waals surface area contributed by atoms with E-state index in [1.54, 1.807) is 13.8 Å². The second-order valence-corrected chi connectivity index (χ2v) is 13.7. The van der Waals surface area contributed by atoms with Crippen LogP contribution in [0.15, 0.2) is 97.1 Å². The van der Waals surface area contributed by atoms with Crippen LogP contribution in [0.3, 0.4) is 0 Å². The maximum Gasteiger partial charge on any atom is 0.333 e. The fourth-order valence-corrected chi connectivity index (χ4v) is 5.22. The lowest BCUT2D eigenvalue weighted by molar-refractivity contribution is -0.150. The van der Waals surface area contributed by atoms with E-state index >= 15 is 0 Å². The van der Waals surface area contributed by atoms with Crippen LogP contribution in [-0.2, 0) is 44.7 Å². The molecule has 0 aliphatic carbocycles. The number of hydrogen-bond acceptors (Lipinski definition) is 8. The summed E-state index contributed by atoms with van der Waals surface area (Å²) in [4.78, 5) is 34.2. The van der Waals surface area contributed by atoms with E-state index < -0.39 is 24.1 Å². The van der Waals surface area contributed by atoms with Gasteiger partial charge in [0, 0.05) is 55.8 Å². The van der Waals surface area contributed by atoms with Crippen LogP contribution < -0.4 is 25.8 Å². The molecule has 0 saturated carbocycles. The number of benzene rings is 4. The number of anilines is 2. The van der Waals surface area contributed by atoms with E-state index in [1.807, 2.05) is 118 Å². The molecule has 0 aliphatic rings. The molecule has 0 spiro atoms. The summed E-state index contributed by atoms with van der Waals surface area (Å²) >= 11 is 0. The Hall–Kier alpha value is -5.30. The number of carbonyl (C=O) groups is 3. The van der Waals surface area contributed by atoms with Crippen molar-refractivity contribution in [2.45, 2.75) is 78.0 Å². The molecule has 56 heavy (non-hydrogen) atoms. The largest absolute Gasteiger partial charge is 0.493 e. The summed E-state index contributed by atoms with van der Waals surface area (Å²) in [5.74, 6) is -0.416. The average molecular weight is 794 g/mol. The quantitative estimate of drug-likeness (QED) is 0.0594. The van der Waals surface area contributed by atoms with Gasteiger partial charge in [-0.1, -0.05) is 48.5 Å². The van der Waals surface area contributed by atoms with E-state index in [-0.39, 0.29) is 24.0 Å². The van der Waals surface area contributed by atoms with Crippen molar-refractivity contribution >= 4 is 41.8 Å². The van der Waals surface area contributed by atoms with E-state index in [9.17, 15) is 19.5 Å². The SMILES string of the molecule is CCO[C@@H](Cc1ccc(OCCc2ccc(N)cc2)cc1)C(=O)O.CCO[C@@H](Cc1ccc(OCCc2ccc(NC(=O)NC(C)(C)C)cc2)cc1)C(=O)O.Cl. The summed E-state index contributed by atoms with van der Waals surface area (Å²) in [7, 11) is 0. The molecule has 0 radical (unpaired) electrons. The van der Waals surface area contributed by atoms with Crippen LogP contribution in [0.4, 0.5) is 16.2 Å². The van der Waals surface area contributed by atoms with Gasteiger partial charge in [0.1, 0.15) is 11.5 Å². The number of urea groups is 1. The summed E-state index contributed by atoms with van der Waals surface area (Å²) in [5.41, 5.74) is 10.9. The molecule has 0 unspecified atom stereocenters. The highest BCUT2D eigenvalue weighted by molar-refractivity contribution is 5.89. The van der Waals surface area contributed by atoms with Crippen molar-refractivity contribution in [1.29, 1.82) is 0 Å². The summed E-state index contributed by atoms with van der Waals surface area (Å²) < 4.78 is 22.0. The first-order chi connectivity index (χ1) is 26.2. The van der Waals surface area contributed by atoms with E-state index in [4.69, 9.17) is 29.8 Å². The highest BCUT2D eigenvalue weighted by atomic mass is 35.5. The third kappa shape index (κ3) is 18.4. The Bertz CT molecular complexity index is 1750. The molecule has 0 heterocycles. The molecule has 0 bridgehead atoms. The Morgan fingerprint density at radius 3 is 1.36 bits per heavy atom. The molecule has 0 saturated heterocycles. The average Bonchev–Trinajstić information content (AvgIpc) is 3.13. The van der Waals surface area contributed by atoms with Crippen LogP contribution in [0.25, 0.3) is 0 Å². The van der Waals surface area contributed by atoms with Crippen molar-refractivity contribution in [3.8, 4) is 11.5 Å². The number of nitrogens with two attached hydrogens (primary N) is 1. The molecule has 6 N–H and O–H groups in total. The summed E-state index contributed by atoms with van der Waals surface area (Å²) in [6.45, 7) is 11.2. The van der Waals surface area contributed by atoms with E-state index in [0.29, 0.717) is 39.3 Å². The third-order valence-electron chi connectivity index (χ3n) is 7.97. The molecule has 13 heteroatoms. The van der Waals surface area contributed by atoms with E-state index in [2.05, 4.69) is 10.6 Å². The maximum absolute atomic E-state index is 11.9. The van der Waals surface area contributed by atoms with E-state index in [0.717, 1.165) is 52.4 Å². The smallest absolute Gasteiger partial charge is 0.333 e. The zero-order valence-electron chi connectivity index (χ0n) is 32.8. The topological polar surface area (TPSA) is 179 Å². The normalized spacial score (nSPS) is 11.8. The predicted octanol–water partition coefficient (Wildman–Crippen LogP) is 7.60. The highest BCUT2D eigenvalue weighted by Gasteiger charge is 2.19. The molecular formula is C43H56ClN3O9. The number of carboxylic acid groups (broad SMARTS) is 2. The lowest BCUT2D eigenvalue weighted by Crippen LogP contribution is -2.43. The fourth-order valence-electron chi connectivity index (χ4n) is 5.22. The summed E-state index contributed by atoms with van der Waals surface area (Å²) in [6, 6.07) is 30.0. The number of hydrogen-bond donors (Lipinski definition) is 5. The minimum Gasteiger partial charge on any atom is -0.493 e. The lowest BCUT2D eigenvalue weighted by Gasteiger charge is -2.20. The number of halogens is 1. The number of rotatable bonds is 19. The van der Waals surface area contributed by atoms with Gasteiger partial charge in [0.15, 0.2) is 12.2 Å². The van der Waals surface area contributed by atoms with Crippen LogP contribution in [-0.4, -0.2) is 72.4 Å². The molecule has 0 fully saturated rings. The first-order valence-electron chi connectivity index (χ1n) is 18.4. The van der Waals surface area contributed by atoms with E-state index in [1.165, 1.54) is 5.56 Å². The standard InChI is InChI=1S/C24H32N2O5.C19H23NO4.ClH/c1-5-30-21(22(27)28)16-18-8-12-20(13-9-18)31-15-14-17-6-10-19(11-7-17)25-23(29)26-24(2,3)4;1-2-23-18(19(21)22)13-15-5-9-17(10-6-15)24-12-11-14-3-7-16(20)8-4-14;/h6-13,21H,5,14-16H2,1-4H3,(H,27,28)(H2,25,26,29);3-10,18H,2,11-13,20H2,1H3,(H,21,22);1H/t21-;18-;/m00./s1. The third-order valence-corrected chi connectivity index (χ3v) is 7.97. The number of carbonyl (C=O) groups excluding carboxylic acids is 1. The van der Waals surface area contributed by atoms with Crippen LogP contribution in [0.2, 0.25) is 0 Å². The number of amides is 2. The van der Waals surface area contributed by atoms with Gasteiger partial charge < -0.3 is 45.5 Å². The van der Waals surface area contributed by atoms with Crippen LogP contribution in [0.1, 0.15) is 56.9 Å². The molecule has 0 aliphatic heterocycles. The van der Waals surface area contributed by atoms with Gasteiger partial charge in [-0.2, -0.15) is 0 Å². The van der Waals surface area contributed by atoms with Gasteiger partial charge in [0.05, 0.1) is 13.2 Å². The number of ether oxygens (including phenoxy) is 4. The molecule has 4 rings (SSSR count). The van der Waals surface area contributed by atoms with Gasteiger partial charge in [-0.25, -0.2) is 14.4 Å². The first kappa shape index (κ1) is 46.9. The monoisotopic (exact) mass is 793 g/mol. The van der Waals surface area contributed by atoms with Gasteiger partial charge >= 0.3 is 18.0 Å². The number of carboxylic acids is 2. The molecule has 4 aromatic rings. The molecule has 4 aromatic carbocycles. The summed E-state index contributed by atoms with van der Waals surface area (Å²) in [6.07, 6.45) is 0.530. The second kappa shape index (κ2) is 24.3. The Morgan fingerprint density at radius 1 is 0.625 bits per heavy atom. The fraction of sp³-hybridized carbons (Fsp3) is 0.372. The van der Waals surface area contributed by atoms with Crippen molar-refractivity contribution in [3.63, 3.8) is 0 Å². The zero-order chi connectivity index (χ0) is 40.2. The van der Waals surface area contributed by atoms with Crippen molar-refractivity contribution in [2.75, 3.05) is 37.5 Å². The number of nitrogens with one attached hydrogen (secondary N) is 2. The van der Waals surface area contributed by atoms with Crippen LogP contribution >= 0.6 is 12.4 Å².